The van der Waals surface area contributed by atoms with Gasteiger partial charge in [-0.15, -0.1) is 0 Å². The van der Waals surface area contributed by atoms with Gasteiger partial charge in [0.05, 0.1) is 12.3 Å². The highest BCUT2D eigenvalue weighted by Gasteiger charge is 2.34. The summed E-state index contributed by atoms with van der Waals surface area (Å²) in [4.78, 5) is 2.27. The fourth-order valence-corrected chi connectivity index (χ4v) is 4.68. The number of rotatable bonds is 12. The van der Waals surface area contributed by atoms with Crippen molar-refractivity contribution in [2.75, 3.05) is 20.4 Å². The van der Waals surface area contributed by atoms with Crippen LogP contribution in [0.5, 0.6) is 0 Å². The molecule has 2 atom stereocenters. The van der Waals surface area contributed by atoms with Gasteiger partial charge in [0.25, 0.3) is 0 Å². The first kappa shape index (κ1) is 23.8. The van der Waals surface area contributed by atoms with Crippen LogP contribution >= 0.6 is 7.60 Å². The molecular weight excluding hydrogens is 385 g/mol. The lowest BCUT2D eigenvalue weighted by molar-refractivity contribution is 0.0369. The third-order valence-corrected chi connectivity index (χ3v) is 6.98. The van der Waals surface area contributed by atoms with Crippen molar-refractivity contribution in [3.8, 4) is 0 Å². The van der Waals surface area contributed by atoms with Gasteiger partial charge in [0.1, 0.15) is 0 Å². The largest absolute Gasteiger partial charge is 0.391 e. The molecule has 0 heterocycles. The summed E-state index contributed by atoms with van der Waals surface area (Å²) in [6.45, 7) is 5.65. The minimum absolute atomic E-state index is 0.0303. The highest BCUT2D eigenvalue weighted by Crippen LogP contribution is 2.47. The van der Waals surface area contributed by atoms with E-state index in [2.05, 4.69) is 43.0 Å². The van der Waals surface area contributed by atoms with E-state index >= 15 is 0 Å². The van der Waals surface area contributed by atoms with Gasteiger partial charge in [-0.2, -0.15) is 0 Å². The fraction of sp³-hybridized carbons (Fsp3) is 0.478. The Labute approximate surface area is 175 Å². The van der Waals surface area contributed by atoms with Crippen molar-refractivity contribution in [2.24, 2.45) is 5.92 Å². The van der Waals surface area contributed by atoms with E-state index in [9.17, 15) is 9.67 Å². The van der Waals surface area contributed by atoms with E-state index < -0.39 is 13.7 Å². The molecule has 2 aromatic carbocycles. The number of aliphatic hydroxyl groups excluding tert-OH is 1. The molecule has 160 valence electrons. The first-order valence-electron chi connectivity index (χ1n) is 10.1. The van der Waals surface area contributed by atoms with Gasteiger partial charge < -0.3 is 14.2 Å². The standard InChI is InChI=1S/C23H34NO4P/c1-19(2)15-22(23(25)18-29(26,27-3)28-4)24(16-20-11-7-5-8-12-20)17-21-13-9-6-10-14-21/h5-14,19,22-23,25H,15-18H2,1-4H3/t22-,23?/m0/s1. The smallest absolute Gasteiger partial charge is 0.332 e. The van der Waals surface area contributed by atoms with E-state index in [0.717, 1.165) is 6.42 Å². The van der Waals surface area contributed by atoms with Gasteiger partial charge in [0.15, 0.2) is 0 Å². The maximum Gasteiger partial charge on any atom is 0.332 e. The summed E-state index contributed by atoms with van der Waals surface area (Å²) in [6, 6.07) is 20.3. The van der Waals surface area contributed by atoms with Gasteiger partial charge in [-0.3, -0.25) is 9.46 Å². The van der Waals surface area contributed by atoms with Crippen molar-refractivity contribution in [3.63, 3.8) is 0 Å². The first-order valence-corrected chi connectivity index (χ1v) is 11.8. The van der Waals surface area contributed by atoms with Gasteiger partial charge in [-0.05, 0) is 23.5 Å². The van der Waals surface area contributed by atoms with Crippen LogP contribution in [0.15, 0.2) is 60.7 Å². The Morgan fingerprint density at radius 1 is 0.897 bits per heavy atom. The van der Waals surface area contributed by atoms with E-state index in [-0.39, 0.29) is 12.2 Å². The molecule has 0 radical (unpaired) electrons. The zero-order valence-electron chi connectivity index (χ0n) is 17.9. The van der Waals surface area contributed by atoms with Crippen LogP contribution in [0.25, 0.3) is 0 Å². The third kappa shape index (κ3) is 7.69. The van der Waals surface area contributed by atoms with Gasteiger partial charge in [-0.25, -0.2) is 0 Å². The van der Waals surface area contributed by atoms with Crippen molar-refractivity contribution in [2.45, 2.75) is 45.5 Å². The van der Waals surface area contributed by atoms with Crippen molar-refractivity contribution in [1.82, 2.24) is 4.90 Å². The Balaban J connectivity index is 2.32. The summed E-state index contributed by atoms with van der Waals surface area (Å²) in [5, 5.41) is 11.1. The maximum atomic E-state index is 12.7. The van der Waals surface area contributed by atoms with Crippen molar-refractivity contribution in [3.05, 3.63) is 71.8 Å². The van der Waals surface area contributed by atoms with Crippen LogP contribution in [0.2, 0.25) is 0 Å². The van der Waals surface area contributed by atoms with E-state index in [1.165, 1.54) is 25.3 Å². The second-order valence-corrected chi connectivity index (χ2v) is 10.1. The number of hydrogen-bond donors (Lipinski definition) is 1. The molecule has 2 rings (SSSR count). The molecule has 6 heteroatoms. The molecular formula is C23H34NO4P. The SMILES string of the molecule is COP(=O)(CC(O)[C@H](CC(C)C)N(Cc1ccccc1)Cc1ccccc1)OC. The topological polar surface area (TPSA) is 59.0 Å². The predicted octanol–water partition coefficient (Wildman–Crippen LogP) is 4.95. The molecule has 5 nitrogen and oxygen atoms in total. The van der Waals surface area contributed by atoms with Crippen LogP contribution in [0, 0.1) is 5.92 Å². The minimum Gasteiger partial charge on any atom is -0.391 e. The molecule has 0 saturated heterocycles. The molecule has 1 unspecified atom stereocenters. The summed E-state index contributed by atoms with van der Waals surface area (Å²) in [6.07, 6.45) is -0.0957. The molecule has 0 aromatic heterocycles. The lowest BCUT2D eigenvalue weighted by Crippen LogP contribution is -2.45. The van der Waals surface area contributed by atoms with E-state index in [4.69, 9.17) is 9.05 Å². The summed E-state index contributed by atoms with van der Waals surface area (Å²) in [7, 11) is -0.593. The second kappa shape index (κ2) is 11.6. The summed E-state index contributed by atoms with van der Waals surface area (Å²) < 4.78 is 22.8. The summed E-state index contributed by atoms with van der Waals surface area (Å²) in [5.74, 6) is 0.369. The Kier molecular flexibility index (Phi) is 9.54. The van der Waals surface area contributed by atoms with Crippen LogP contribution in [0.3, 0.4) is 0 Å². The van der Waals surface area contributed by atoms with Gasteiger partial charge in [-0.1, -0.05) is 74.5 Å². The summed E-state index contributed by atoms with van der Waals surface area (Å²) >= 11 is 0. The summed E-state index contributed by atoms with van der Waals surface area (Å²) in [5.41, 5.74) is 2.34. The third-order valence-electron chi connectivity index (χ3n) is 5.05. The number of nitrogens with zero attached hydrogens (tertiary/aromatic N) is 1. The number of benzene rings is 2. The van der Waals surface area contributed by atoms with Crippen molar-refractivity contribution >= 4 is 7.60 Å². The second-order valence-electron chi connectivity index (χ2n) is 7.80. The molecule has 29 heavy (non-hydrogen) atoms. The van der Waals surface area contributed by atoms with Gasteiger partial charge >= 0.3 is 7.60 Å². The number of hydrogen-bond acceptors (Lipinski definition) is 5. The highest BCUT2D eigenvalue weighted by atomic mass is 31.2. The van der Waals surface area contributed by atoms with E-state index in [0.29, 0.717) is 19.0 Å². The van der Waals surface area contributed by atoms with Crippen LogP contribution in [-0.2, 0) is 26.7 Å². The average Bonchev–Trinajstić information content (AvgIpc) is 2.72. The highest BCUT2D eigenvalue weighted by molar-refractivity contribution is 7.53. The zero-order chi connectivity index (χ0) is 21.3. The average molecular weight is 420 g/mol. The molecule has 0 fully saturated rings. The van der Waals surface area contributed by atoms with Crippen LogP contribution in [0.1, 0.15) is 31.4 Å². The Hall–Kier alpha value is -1.49. The van der Waals surface area contributed by atoms with Gasteiger partial charge in [0, 0.05) is 33.4 Å². The Morgan fingerprint density at radius 3 is 1.72 bits per heavy atom. The quantitative estimate of drug-likeness (QED) is 0.493. The normalized spacial score (nSPS) is 14.3. The molecule has 0 saturated carbocycles. The fourth-order valence-electron chi connectivity index (χ4n) is 3.53. The number of aliphatic hydroxyl groups is 1. The predicted molar refractivity (Wildman–Crippen MR) is 118 cm³/mol. The lowest BCUT2D eigenvalue weighted by atomic mass is 9.97. The van der Waals surface area contributed by atoms with Crippen LogP contribution < -0.4 is 0 Å². The van der Waals surface area contributed by atoms with Gasteiger partial charge in [0.2, 0.25) is 0 Å². The Morgan fingerprint density at radius 2 is 1.34 bits per heavy atom. The minimum atomic E-state index is -3.32. The molecule has 0 bridgehead atoms. The molecule has 2 aromatic rings. The van der Waals surface area contributed by atoms with E-state index in [1.807, 2.05) is 36.4 Å². The zero-order valence-corrected chi connectivity index (χ0v) is 18.8. The van der Waals surface area contributed by atoms with Crippen LogP contribution in [0.4, 0.5) is 0 Å². The van der Waals surface area contributed by atoms with E-state index in [1.54, 1.807) is 0 Å². The lowest BCUT2D eigenvalue weighted by Gasteiger charge is -2.37. The maximum absolute atomic E-state index is 12.7. The van der Waals surface area contributed by atoms with Crippen LogP contribution in [-0.4, -0.2) is 42.5 Å². The molecule has 0 aliphatic rings. The van der Waals surface area contributed by atoms with Crippen molar-refractivity contribution in [1.29, 1.82) is 0 Å². The Bertz CT molecular complexity index is 704. The molecule has 0 aliphatic heterocycles. The van der Waals surface area contributed by atoms with Crippen molar-refractivity contribution < 1.29 is 18.7 Å². The molecule has 1 N–H and O–H groups in total. The first-order chi connectivity index (χ1) is 13.9. The molecule has 0 aliphatic carbocycles. The molecule has 0 spiro atoms. The molecule has 0 amide bonds. The monoisotopic (exact) mass is 419 g/mol.